The summed E-state index contributed by atoms with van der Waals surface area (Å²) in [5.74, 6) is -0.0122. The number of rotatable bonds is 7. The van der Waals surface area contributed by atoms with E-state index in [1.165, 1.54) is 0 Å². The summed E-state index contributed by atoms with van der Waals surface area (Å²) in [6.45, 7) is 1.06. The maximum atomic E-state index is 13.3. The van der Waals surface area contributed by atoms with Crippen molar-refractivity contribution < 1.29 is 14.4 Å². The van der Waals surface area contributed by atoms with Crippen molar-refractivity contribution in [1.82, 2.24) is 20.2 Å². The van der Waals surface area contributed by atoms with Crippen LogP contribution in [-0.4, -0.2) is 52.2 Å². The van der Waals surface area contributed by atoms with Crippen molar-refractivity contribution in [2.24, 2.45) is 0 Å². The molecule has 9 nitrogen and oxygen atoms in total. The zero-order chi connectivity index (χ0) is 22.8. The maximum Gasteiger partial charge on any atom is 0.260 e. The molecule has 2 N–H and O–H groups in total. The van der Waals surface area contributed by atoms with Gasteiger partial charge in [0.05, 0.1) is 11.3 Å². The van der Waals surface area contributed by atoms with Crippen LogP contribution < -0.4 is 15.5 Å². The van der Waals surface area contributed by atoms with E-state index in [-0.39, 0.29) is 30.7 Å². The molecule has 166 valence electrons. The first kappa shape index (κ1) is 20.6. The highest BCUT2D eigenvalue weighted by Gasteiger charge is 2.47. The zero-order valence-electron chi connectivity index (χ0n) is 17.8. The number of para-hydroxylation sites is 1. The minimum atomic E-state index is -0.555. The number of nitrogens with zero attached hydrogens (tertiary/aromatic N) is 4. The lowest BCUT2D eigenvalue weighted by Crippen LogP contribution is -2.49. The Labute approximate surface area is 190 Å². The third-order valence-electron chi connectivity index (χ3n) is 5.76. The van der Waals surface area contributed by atoms with Crippen LogP contribution in [0.15, 0.2) is 67.0 Å². The van der Waals surface area contributed by atoms with Gasteiger partial charge in [-0.1, -0.05) is 30.3 Å². The Morgan fingerprint density at radius 2 is 1.61 bits per heavy atom. The lowest BCUT2D eigenvalue weighted by molar-refractivity contribution is -0.121. The summed E-state index contributed by atoms with van der Waals surface area (Å²) in [6.07, 6.45) is 2.84. The second-order valence-electron chi connectivity index (χ2n) is 7.75. The normalized spacial score (nSPS) is 16.2. The van der Waals surface area contributed by atoms with Crippen LogP contribution in [0, 0.1) is 0 Å². The average Bonchev–Trinajstić information content (AvgIpc) is 3.15. The topological polar surface area (TPSA) is 108 Å². The molecule has 0 fully saturated rings. The van der Waals surface area contributed by atoms with Gasteiger partial charge in [0.25, 0.3) is 11.8 Å². The molecular formula is C24H22N6O3. The fraction of sp³-hybridized carbons (Fsp3) is 0.208. The number of aromatic nitrogens is 2. The van der Waals surface area contributed by atoms with Crippen LogP contribution in [0.3, 0.4) is 0 Å². The first-order valence-corrected chi connectivity index (χ1v) is 10.8. The van der Waals surface area contributed by atoms with Crippen LogP contribution in [0.4, 0.5) is 11.6 Å². The van der Waals surface area contributed by atoms with Crippen molar-refractivity contribution in [3.05, 3.63) is 83.7 Å². The standard InChI is InChI=1S/C24H22N6O3/c31-20(25-13-14-28-24-26-11-5-12-27-24)10-15-29-21-16-6-1-2-7-17(16)23(33)30(21)19-9-4-3-8-18(19)22(29)32/h1-9,11-12,21H,10,13-15H2,(H,25,31)(H,26,27,28)/t21-/m1/s1. The molecule has 1 atom stereocenters. The third kappa shape index (κ3) is 3.78. The Hall–Kier alpha value is -4.27. The van der Waals surface area contributed by atoms with Crippen LogP contribution in [-0.2, 0) is 4.79 Å². The lowest BCUT2D eigenvalue weighted by atomic mass is 10.0. The Balaban J connectivity index is 1.28. The van der Waals surface area contributed by atoms with Crippen LogP contribution in [0.2, 0.25) is 0 Å². The fourth-order valence-electron chi connectivity index (χ4n) is 4.28. The van der Waals surface area contributed by atoms with Crippen molar-refractivity contribution in [3.63, 3.8) is 0 Å². The van der Waals surface area contributed by atoms with Crippen LogP contribution in [0.5, 0.6) is 0 Å². The molecule has 1 aromatic heterocycles. The van der Waals surface area contributed by atoms with Gasteiger partial charge in [-0.25, -0.2) is 9.97 Å². The van der Waals surface area contributed by atoms with E-state index in [4.69, 9.17) is 0 Å². The van der Waals surface area contributed by atoms with E-state index in [0.717, 1.165) is 5.56 Å². The van der Waals surface area contributed by atoms with Gasteiger partial charge in [-0.3, -0.25) is 19.3 Å². The second-order valence-corrected chi connectivity index (χ2v) is 7.75. The van der Waals surface area contributed by atoms with Crippen molar-refractivity contribution in [3.8, 4) is 0 Å². The number of benzene rings is 2. The van der Waals surface area contributed by atoms with Gasteiger partial charge in [0.1, 0.15) is 6.17 Å². The average molecular weight is 442 g/mol. The van der Waals surface area contributed by atoms with Crippen LogP contribution >= 0.6 is 0 Å². The number of carbonyl (C=O) groups is 3. The summed E-state index contributed by atoms with van der Waals surface area (Å²) in [5, 5.41) is 5.86. The van der Waals surface area contributed by atoms with Crippen molar-refractivity contribution in [2.45, 2.75) is 12.6 Å². The summed E-state index contributed by atoms with van der Waals surface area (Å²) < 4.78 is 0. The molecule has 0 radical (unpaired) electrons. The first-order valence-electron chi connectivity index (χ1n) is 10.8. The monoisotopic (exact) mass is 442 g/mol. The van der Waals surface area contributed by atoms with Gasteiger partial charge in [0.15, 0.2) is 0 Å². The molecule has 0 unspecified atom stereocenters. The Bertz CT molecular complexity index is 1220. The minimum Gasteiger partial charge on any atom is -0.354 e. The van der Waals surface area contributed by atoms with E-state index in [0.29, 0.717) is 35.9 Å². The van der Waals surface area contributed by atoms with Crippen LogP contribution in [0.25, 0.3) is 0 Å². The Morgan fingerprint density at radius 3 is 2.42 bits per heavy atom. The minimum absolute atomic E-state index is 0.121. The molecule has 0 spiro atoms. The van der Waals surface area contributed by atoms with Gasteiger partial charge in [-0.15, -0.1) is 0 Å². The first-order chi connectivity index (χ1) is 16.1. The van der Waals surface area contributed by atoms with E-state index >= 15 is 0 Å². The fourth-order valence-corrected chi connectivity index (χ4v) is 4.28. The molecule has 3 amide bonds. The molecule has 33 heavy (non-hydrogen) atoms. The quantitative estimate of drug-likeness (QED) is 0.544. The summed E-state index contributed by atoms with van der Waals surface area (Å²) in [5.41, 5.74) is 2.42. The molecule has 3 aromatic rings. The highest BCUT2D eigenvalue weighted by atomic mass is 16.2. The maximum absolute atomic E-state index is 13.3. The molecule has 3 heterocycles. The highest BCUT2D eigenvalue weighted by Crippen LogP contribution is 2.45. The van der Waals surface area contributed by atoms with Gasteiger partial charge in [0.2, 0.25) is 11.9 Å². The smallest absolute Gasteiger partial charge is 0.260 e. The molecule has 0 saturated heterocycles. The van der Waals surface area contributed by atoms with E-state index < -0.39 is 6.17 Å². The van der Waals surface area contributed by atoms with Gasteiger partial charge in [-0.05, 0) is 24.3 Å². The van der Waals surface area contributed by atoms with E-state index in [2.05, 4.69) is 20.6 Å². The number of amides is 3. The predicted octanol–water partition coefficient (Wildman–Crippen LogP) is 2.21. The Kier molecular flexibility index (Phi) is 5.43. The molecule has 0 bridgehead atoms. The van der Waals surface area contributed by atoms with Crippen molar-refractivity contribution >= 4 is 29.4 Å². The van der Waals surface area contributed by atoms with E-state index in [9.17, 15) is 14.4 Å². The summed E-state index contributed by atoms with van der Waals surface area (Å²) >= 11 is 0. The summed E-state index contributed by atoms with van der Waals surface area (Å²) in [6, 6.07) is 16.1. The summed E-state index contributed by atoms with van der Waals surface area (Å²) in [7, 11) is 0. The molecule has 2 aliphatic rings. The number of carbonyl (C=O) groups excluding carboxylic acids is 3. The third-order valence-corrected chi connectivity index (χ3v) is 5.76. The van der Waals surface area contributed by atoms with Crippen molar-refractivity contribution in [2.75, 3.05) is 29.9 Å². The number of anilines is 2. The molecule has 2 aromatic carbocycles. The van der Waals surface area contributed by atoms with Crippen LogP contribution in [0.1, 0.15) is 38.9 Å². The predicted molar refractivity (Wildman–Crippen MR) is 122 cm³/mol. The molecule has 0 saturated carbocycles. The highest BCUT2D eigenvalue weighted by molar-refractivity contribution is 6.16. The number of hydrogen-bond donors (Lipinski definition) is 2. The zero-order valence-corrected chi connectivity index (χ0v) is 17.8. The van der Waals surface area contributed by atoms with Gasteiger partial charge >= 0.3 is 0 Å². The van der Waals surface area contributed by atoms with E-state index in [1.807, 2.05) is 24.3 Å². The largest absolute Gasteiger partial charge is 0.354 e. The number of hydrogen-bond acceptors (Lipinski definition) is 6. The second kappa shape index (κ2) is 8.70. The lowest BCUT2D eigenvalue weighted by Gasteiger charge is -2.40. The molecule has 0 aliphatic carbocycles. The molecule has 2 aliphatic heterocycles. The van der Waals surface area contributed by atoms with E-state index in [1.54, 1.807) is 52.5 Å². The molecule has 5 rings (SSSR count). The SMILES string of the molecule is O=C(CCN1C(=O)c2ccccc2N2C(=O)c3ccccc3[C@H]12)NCCNc1ncccn1. The molecular weight excluding hydrogens is 420 g/mol. The Morgan fingerprint density at radius 1 is 0.879 bits per heavy atom. The summed E-state index contributed by atoms with van der Waals surface area (Å²) in [4.78, 5) is 50.4. The van der Waals surface area contributed by atoms with Gasteiger partial charge < -0.3 is 15.5 Å². The van der Waals surface area contributed by atoms with Gasteiger partial charge in [-0.2, -0.15) is 0 Å². The number of nitrogens with one attached hydrogen (secondary N) is 2. The number of fused-ring (bicyclic) bond motifs is 5. The molecule has 9 heteroatoms. The van der Waals surface area contributed by atoms with Crippen molar-refractivity contribution in [1.29, 1.82) is 0 Å². The van der Waals surface area contributed by atoms with Gasteiger partial charge in [0, 0.05) is 49.6 Å².